The molecule has 4 heterocycles. The van der Waals surface area contributed by atoms with Gasteiger partial charge in [0.05, 0.1) is 46.4 Å². The van der Waals surface area contributed by atoms with Gasteiger partial charge in [0.2, 0.25) is 0 Å². The van der Waals surface area contributed by atoms with Crippen molar-refractivity contribution in [3.05, 3.63) is 91.7 Å². The van der Waals surface area contributed by atoms with E-state index in [1.807, 2.05) is 49.3 Å². The van der Waals surface area contributed by atoms with Crippen molar-refractivity contribution in [2.24, 2.45) is 0 Å². The highest BCUT2D eigenvalue weighted by atomic mass is 35.5. The number of thiazole rings is 1. The number of halogens is 1. The van der Waals surface area contributed by atoms with Crippen LogP contribution in [-0.4, -0.2) is 52.1 Å². The maximum Gasteiger partial charge on any atom is 0.266 e. The largest absolute Gasteiger partial charge is 0.492 e. The van der Waals surface area contributed by atoms with Crippen molar-refractivity contribution >= 4 is 34.9 Å². The topological polar surface area (TPSA) is 100 Å². The monoisotopic (exact) mass is 625 g/mol. The number of amides is 1. The molecule has 2 bridgehead atoms. The van der Waals surface area contributed by atoms with Gasteiger partial charge < -0.3 is 15.0 Å². The van der Waals surface area contributed by atoms with Crippen LogP contribution in [0.3, 0.4) is 0 Å². The van der Waals surface area contributed by atoms with Crippen LogP contribution in [0.2, 0.25) is 5.02 Å². The number of piperazine rings is 1. The van der Waals surface area contributed by atoms with E-state index in [0.29, 0.717) is 69.2 Å². The molecule has 1 amide bonds. The molecular weight excluding hydrogens is 594 g/mol. The van der Waals surface area contributed by atoms with Crippen LogP contribution in [-0.2, 0) is 0 Å². The van der Waals surface area contributed by atoms with Gasteiger partial charge in [0.25, 0.3) is 11.5 Å². The second-order valence-corrected chi connectivity index (χ2v) is 12.6. The summed E-state index contributed by atoms with van der Waals surface area (Å²) in [6.07, 6.45) is 3.95. The van der Waals surface area contributed by atoms with Gasteiger partial charge in [-0.05, 0) is 76.1 Å². The van der Waals surface area contributed by atoms with Crippen molar-refractivity contribution in [3.63, 3.8) is 0 Å². The van der Waals surface area contributed by atoms with Crippen molar-refractivity contribution in [1.82, 2.24) is 19.8 Å². The van der Waals surface area contributed by atoms with Crippen molar-refractivity contribution in [3.8, 4) is 39.3 Å². The molecular formula is C34H32ClN5O3S. The van der Waals surface area contributed by atoms with Crippen LogP contribution in [0.25, 0.3) is 33.6 Å². The molecule has 0 aliphatic carbocycles. The Kier molecular flexibility index (Phi) is 8.41. The Morgan fingerprint density at radius 2 is 1.89 bits per heavy atom. The Morgan fingerprint density at radius 3 is 2.55 bits per heavy atom. The van der Waals surface area contributed by atoms with Crippen LogP contribution in [0.1, 0.15) is 55.2 Å². The lowest BCUT2D eigenvalue weighted by molar-refractivity contribution is 0.0696. The first-order valence-corrected chi connectivity index (χ1v) is 15.9. The molecule has 0 radical (unpaired) electrons. The summed E-state index contributed by atoms with van der Waals surface area (Å²) >= 11 is 7.82. The third kappa shape index (κ3) is 5.81. The van der Waals surface area contributed by atoms with Gasteiger partial charge in [-0.25, -0.2) is 4.98 Å². The van der Waals surface area contributed by atoms with Gasteiger partial charge in [-0.1, -0.05) is 29.3 Å². The van der Waals surface area contributed by atoms with Crippen molar-refractivity contribution in [2.45, 2.75) is 45.7 Å². The Balaban J connectivity index is 1.58. The molecule has 2 unspecified atom stereocenters. The highest BCUT2D eigenvalue weighted by Gasteiger charge is 2.36. The fourth-order valence-corrected chi connectivity index (χ4v) is 6.93. The maximum atomic E-state index is 14.6. The lowest BCUT2D eigenvalue weighted by Gasteiger charge is -2.33. The van der Waals surface area contributed by atoms with E-state index in [1.54, 1.807) is 41.0 Å². The van der Waals surface area contributed by atoms with Crippen LogP contribution in [0.15, 0.2) is 64.3 Å². The third-order valence-electron chi connectivity index (χ3n) is 7.90. The maximum absolute atomic E-state index is 14.6. The number of allylic oxidation sites excluding steroid dienone is 1. The molecule has 2 fully saturated rings. The second kappa shape index (κ2) is 12.4. The van der Waals surface area contributed by atoms with E-state index in [0.717, 1.165) is 24.0 Å². The minimum absolute atomic E-state index is 0.130. The van der Waals surface area contributed by atoms with E-state index in [2.05, 4.69) is 11.4 Å². The number of likely N-dealkylation sites (tertiary alicyclic amines) is 1. The second-order valence-electron chi connectivity index (χ2n) is 11.3. The number of hydrogen-bond donors (Lipinski definition) is 1. The lowest BCUT2D eigenvalue weighted by atomic mass is 10.0. The zero-order chi connectivity index (χ0) is 31.0. The molecule has 2 atom stereocenters. The zero-order valence-electron chi connectivity index (χ0n) is 24.8. The molecule has 6 rings (SSSR count). The molecule has 0 saturated carbocycles. The van der Waals surface area contributed by atoms with Gasteiger partial charge in [-0.3, -0.25) is 14.2 Å². The number of hydrogen-bond acceptors (Lipinski definition) is 7. The van der Waals surface area contributed by atoms with E-state index in [4.69, 9.17) is 21.3 Å². The number of fused-ring (bicyclic) bond motifs is 2. The molecule has 44 heavy (non-hydrogen) atoms. The molecule has 2 aromatic heterocycles. The first-order chi connectivity index (χ1) is 21.2. The predicted octanol–water partition coefficient (Wildman–Crippen LogP) is 6.55. The number of nitrogens with one attached hydrogen (secondary N) is 1. The number of carbonyl (C=O) groups is 1. The first kappa shape index (κ1) is 29.8. The average molecular weight is 626 g/mol. The van der Waals surface area contributed by atoms with Crippen molar-refractivity contribution in [1.29, 1.82) is 5.26 Å². The zero-order valence-corrected chi connectivity index (χ0v) is 26.3. The highest BCUT2D eigenvalue weighted by molar-refractivity contribution is 7.13. The number of carbonyl (C=O) groups excluding carboxylic acids is 1. The van der Waals surface area contributed by atoms with E-state index < -0.39 is 0 Å². The minimum Gasteiger partial charge on any atom is -0.492 e. The van der Waals surface area contributed by atoms with Crippen LogP contribution in [0.5, 0.6) is 5.75 Å². The normalized spacial score (nSPS) is 17.3. The fraction of sp³-hybridized carbons (Fsp3) is 0.294. The first-order valence-electron chi connectivity index (χ1n) is 14.6. The summed E-state index contributed by atoms with van der Waals surface area (Å²) in [5.74, 6) is 0.352. The number of aromatic nitrogens is 2. The Morgan fingerprint density at radius 1 is 1.16 bits per heavy atom. The molecule has 0 spiro atoms. The lowest BCUT2D eigenvalue weighted by Crippen LogP contribution is -2.53. The van der Waals surface area contributed by atoms with Gasteiger partial charge in [-0.15, -0.1) is 11.3 Å². The van der Waals surface area contributed by atoms with Crippen molar-refractivity contribution in [2.75, 3.05) is 19.7 Å². The van der Waals surface area contributed by atoms with Gasteiger partial charge in [0, 0.05) is 41.1 Å². The number of ether oxygens (including phenoxy) is 1. The molecule has 2 aromatic carbocycles. The van der Waals surface area contributed by atoms with Crippen LogP contribution >= 0.6 is 22.9 Å². The van der Waals surface area contributed by atoms with Gasteiger partial charge >= 0.3 is 0 Å². The summed E-state index contributed by atoms with van der Waals surface area (Å²) < 4.78 is 7.51. The van der Waals surface area contributed by atoms with Crippen LogP contribution in [0, 0.1) is 11.3 Å². The smallest absolute Gasteiger partial charge is 0.266 e. The Hall–Kier alpha value is -4.23. The standard InChI is InChI=1S/C34H32ClN5O3S/c1-4-43-31-12-9-23(35)14-30(31)40-29(13-20(2)3)26(33(41)39-17-24-10-11-25(18-39)37-24)15-27(34(40)42)32-38-28(19-44-32)22-7-5-21(16-36)6-8-22/h5-9,12-15,19,24-25,37H,4,10-11,17-18H2,1-3H3. The fourth-order valence-electron chi connectivity index (χ4n) is 5.93. The van der Waals surface area contributed by atoms with Crippen molar-refractivity contribution < 1.29 is 9.53 Å². The molecule has 2 saturated heterocycles. The Bertz CT molecular complexity index is 1860. The number of rotatable bonds is 7. The average Bonchev–Trinajstić information content (AvgIpc) is 3.64. The summed E-state index contributed by atoms with van der Waals surface area (Å²) in [7, 11) is 0. The Labute approximate surface area is 265 Å². The summed E-state index contributed by atoms with van der Waals surface area (Å²) in [6.45, 7) is 7.36. The van der Waals surface area contributed by atoms with Gasteiger partial charge in [0.1, 0.15) is 10.8 Å². The SMILES string of the molecule is CCOc1ccc(Cl)cc1-n1c(C=C(C)C)c(C(=O)N2CC3CCC(C2)N3)cc(-c2nc(-c3ccc(C#N)cc3)cs2)c1=O. The molecule has 2 aliphatic heterocycles. The molecule has 2 aliphatic rings. The minimum atomic E-state index is -0.335. The number of benzene rings is 2. The van der Waals surface area contributed by atoms with E-state index in [9.17, 15) is 14.9 Å². The number of pyridine rings is 1. The molecule has 8 nitrogen and oxygen atoms in total. The van der Waals surface area contributed by atoms with E-state index in [1.165, 1.54) is 11.3 Å². The molecule has 10 heteroatoms. The number of nitriles is 1. The highest BCUT2D eigenvalue weighted by Crippen LogP contribution is 2.34. The summed E-state index contributed by atoms with van der Waals surface area (Å²) in [5, 5.41) is 15.6. The molecule has 4 aromatic rings. The quantitative estimate of drug-likeness (QED) is 0.250. The van der Waals surface area contributed by atoms with Crippen LogP contribution in [0.4, 0.5) is 0 Å². The predicted molar refractivity (Wildman–Crippen MR) is 175 cm³/mol. The summed E-state index contributed by atoms with van der Waals surface area (Å²) in [5.41, 5.74) is 4.31. The van der Waals surface area contributed by atoms with E-state index >= 15 is 0 Å². The summed E-state index contributed by atoms with van der Waals surface area (Å²) in [4.78, 5) is 35.7. The van der Waals surface area contributed by atoms with Gasteiger partial charge in [0.15, 0.2) is 0 Å². The van der Waals surface area contributed by atoms with Crippen LogP contribution < -0.4 is 15.6 Å². The third-order valence-corrected chi connectivity index (χ3v) is 9.02. The molecule has 1 N–H and O–H groups in total. The van der Waals surface area contributed by atoms with Gasteiger partial charge in [-0.2, -0.15) is 5.26 Å². The summed E-state index contributed by atoms with van der Waals surface area (Å²) in [6, 6.07) is 16.7. The van der Waals surface area contributed by atoms with E-state index in [-0.39, 0.29) is 23.6 Å². The molecule has 224 valence electrons. The number of nitrogens with zero attached hydrogens (tertiary/aromatic N) is 4.